The number of nitrogens with zero attached hydrogens (tertiary/aromatic N) is 4. The van der Waals surface area contributed by atoms with Crippen molar-refractivity contribution >= 4 is 24.1 Å². The maximum atomic E-state index is 10.6. The minimum Gasteiger partial charge on any atom is -0.287 e. The van der Waals surface area contributed by atoms with Crippen LogP contribution >= 0.6 is 0 Å². The molecule has 1 aromatic rings. The number of nitro groups is 1. The molecular formula is C7H9N5O2. The number of nitrogens with one attached hydrogen (secondary N) is 1. The Kier molecular flexibility index (Phi) is 2.41. The molecule has 0 aliphatic rings. The molecule has 0 unspecified atom stereocenters. The number of hydrogen-bond donors (Lipinski definition) is 1. The zero-order valence-corrected chi connectivity index (χ0v) is 7.81. The Labute approximate surface area is 79.7 Å². The molecule has 14 heavy (non-hydrogen) atoms. The van der Waals surface area contributed by atoms with Crippen LogP contribution in [0.25, 0.3) is 0 Å². The van der Waals surface area contributed by atoms with Crippen LogP contribution in [0.3, 0.4) is 0 Å². The monoisotopic (exact) mass is 195 g/mol. The van der Waals surface area contributed by atoms with E-state index in [2.05, 4.69) is 16.8 Å². The highest BCUT2D eigenvalue weighted by Gasteiger charge is 2.25. The molecule has 0 fully saturated rings. The SMILES string of the molecule is C=Nc1c([N+](=O)[O-])c(C)nn1C(C)=N. The van der Waals surface area contributed by atoms with Gasteiger partial charge in [0.1, 0.15) is 11.5 Å². The molecule has 0 aliphatic carbocycles. The summed E-state index contributed by atoms with van der Waals surface area (Å²) in [5, 5.41) is 21.8. The Balaban J connectivity index is 3.51. The Morgan fingerprint density at radius 3 is 2.71 bits per heavy atom. The van der Waals surface area contributed by atoms with Crippen LogP contribution in [0.2, 0.25) is 0 Å². The summed E-state index contributed by atoms with van der Waals surface area (Å²) in [7, 11) is 0. The summed E-state index contributed by atoms with van der Waals surface area (Å²) in [4.78, 5) is 13.6. The summed E-state index contributed by atoms with van der Waals surface area (Å²) < 4.78 is 1.08. The molecule has 0 aliphatic heterocycles. The third-order valence-electron chi connectivity index (χ3n) is 1.66. The largest absolute Gasteiger partial charge is 0.336 e. The van der Waals surface area contributed by atoms with E-state index in [4.69, 9.17) is 5.41 Å². The number of aliphatic imine (C=N–C) groups is 1. The maximum absolute atomic E-state index is 10.6. The lowest BCUT2D eigenvalue weighted by atomic mass is 10.4. The predicted octanol–water partition coefficient (Wildman–Crippen LogP) is 1.28. The van der Waals surface area contributed by atoms with E-state index in [1.54, 1.807) is 0 Å². The first kappa shape index (κ1) is 10.0. The summed E-state index contributed by atoms with van der Waals surface area (Å²) in [5.41, 5.74) is 0.0237. The lowest BCUT2D eigenvalue weighted by molar-refractivity contribution is -0.384. The minimum atomic E-state index is -0.578. The Morgan fingerprint density at radius 2 is 2.36 bits per heavy atom. The first-order valence-corrected chi connectivity index (χ1v) is 3.75. The number of aromatic nitrogens is 2. The van der Waals surface area contributed by atoms with E-state index >= 15 is 0 Å². The van der Waals surface area contributed by atoms with E-state index in [0.717, 1.165) is 4.68 Å². The van der Waals surface area contributed by atoms with Crippen molar-refractivity contribution in [1.29, 1.82) is 5.41 Å². The number of rotatable bonds is 2. The maximum Gasteiger partial charge on any atom is 0.336 e. The third-order valence-corrected chi connectivity index (χ3v) is 1.66. The van der Waals surface area contributed by atoms with Gasteiger partial charge in [0.15, 0.2) is 0 Å². The molecule has 7 heteroatoms. The van der Waals surface area contributed by atoms with Crippen LogP contribution < -0.4 is 0 Å². The fourth-order valence-electron chi connectivity index (χ4n) is 1.10. The lowest BCUT2D eigenvalue weighted by Crippen LogP contribution is -2.06. The highest BCUT2D eigenvalue weighted by atomic mass is 16.6. The van der Waals surface area contributed by atoms with Crippen LogP contribution in [0.5, 0.6) is 0 Å². The van der Waals surface area contributed by atoms with Crippen molar-refractivity contribution in [3.8, 4) is 0 Å². The van der Waals surface area contributed by atoms with Crippen molar-refractivity contribution in [1.82, 2.24) is 9.78 Å². The van der Waals surface area contributed by atoms with Gasteiger partial charge in [-0.2, -0.15) is 9.78 Å². The Hall–Kier alpha value is -2.05. The van der Waals surface area contributed by atoms with E-state index in [-0.39, 0.29) is 23.0 Å². The van der Waals surface area contributed by atoms with Crippen LogP contribution in [-0.4, -0.2) is 27.3 Å². The summed E-state index contributed by atoms with van der Waals surface area (Å²) in [5.74, 6) is 0.0589. The quantitative estimate of drug-likeness (QED) is 0.333. The van der Waals surface area contributed by atoms with Gasteiger partial charge in [-0.05, 0) is 20.6 Å². The molecule has 0 atom stereocenters. The van der Waals surface area contributed by atoms with E-state index in [0.29, 0.717) is 0 Å². The Bertz CT molecular complexity index is 420. The van der Waals surface area contributed by atoms with Gasteiger partial charge < -0.3 is 0 Å². The van der Waals surface area contributed by atoms with Crippen molar-refractivity contribution in [3.05, 3.63) is 15.8 Å². The second-order valence-electron chi connectivity index (χ2n) is 2.67. The summed E-state index contributed by atoms with van der Waals surface area (Å²) in [6, 6.07) is 0. The first-order valence-electron chi connectivity index (χ1n) is 3.75. The van der Waals surface area contributed by atoms with Gasteiger partial charge in [0.2, 0.25) is 5.82 Å². The average Bonchev–Trinajstić information content (AvgIpc) is 2.41. The molecule has 7 nitrogen and oxygen atoms in total. The zero-order chi connectivity index (χ0) is 10.9. The predicted molar refractivity (Wildman–Crippen MR) is 51.6 cm³/mol. The van der Waals surface area contributed by atoms with Crippen LogP contribution in [0.1, 0.15) is 12.6 Å². The fraction of sp³-hybridized carbons (Fsp3) is 0.286. The second-order valence-corrected chi connectivity index (χ2v) is 2.67. The van der Waals surface area contributed by atoms with Gasteiger partial charge in [0.25, 0.3) is 0 Å². The summed E-state index contributed by atoms with van der Waals surface area (Å²) in [6.45, 7) is 6.17. The topological polar surface area (TPSA) is 97.2 Å². The normalized spacial score (nSPS) is 9.86. The van der Waals surface area contributed by atoms with Gasteiger partial charge in [0, 0.05) is 0 Å². The van der Waals surface area contributed by atoms with Crippen molar-refractivity contribution in [3.63, 3.8) is 0 Å². The molecule has 0 bridgehead atoms. The lowest BCUT2D eigenvalue weighted by Gasteiger charge is -1.97. The average molecular weight is 195 g/mol. The van der Waals surface area contributed by atoms with Crippen LogP contribution in [-0.2, 0) is 0 Å². The van der Waals surface area contributed by atoms with Gasteiger partial charge in [-0.25, -0.2) is 4.99 Å². The van der Waals surface area contributed by atoms with E-state index in [9.17, 15) is 10.1 Å². The van der Waals surface area contributed by atoms with Crippen molar-refractivity contribution in [2.75, 3.05) is 0 Å². The van der Waals surface area contributed by atoms with Crippen molar-refractivity contribution in [2.24, 2.45) is 4.99 Å². The highest BCUT2D eigenvalue weighted by Crippen LogP contribution is 2.29. The molecule has 0 radical (unpaired) electrons. The smallest absolute Gasteiger partial charge is 0.287 e. The van der Waals surface area contributed by atoms with E-state index in [1.165, 1.54) is 13.8 Å². The molecule has 0 saturated heterocycles. The molecule has 74 valence electrons. The molecule has 1 rings (SSSR count). The molecular weight excluding hydrogens is 186 g/mol. The second kappa shape index (κ2) is 3.36. The van der Waals surface area contributed by atoms with Crippen LogP contribution in [0, 0.1) is 22.4 Å². The van der Waals surface area contributed by atoms with E-state index < -0.39 is 4.92 Å². The van der Waals surface area contributed by atoms with E-state index in [1.807, 2.05) is 0 Å². The van der Waals surface area contributed by atoms with Gasteiger partial charge in [-0.15, -0.1) is 0 Å². The van der Waals surface area contributed by atoms with Crippen LogP contribution in [0.4, 0.5) is 11.5 Å². The standard InChI is InChI=1S/C7H9N5O2/c1-4-6(12(13)14)7(9-3)11(10-4)5(2)8/h8H,3H2,1-2H3. The third kappa shape index (κ3) is 1.39. The number of aryl methyl sites for hydroxylation is 1. The molecule has 0 spiro atoms. The molecule has 0 amide bonds. The Morgan fingerprint density at radius 1 is 1.79 bits per heavy atom. The molecule has 0 aromatic carbocycles. The van der Waals surface area contributed by atoms with Gasteiger partial charge >= 0.3 is 5.69 Å². The molecule has 0 saturated carbocycles. The first-order chi connectivity index (χ1) is 6.49. The van der Waals surface area contributed by atoms with Gasteiger partial charge in [0.05, 0.1) is 4.92 Å². The summed E-state index contributed by atoms with van der Waals surface area (Å²) in [6.07, 6.45) is 0. The summed E-state index contributed by atoms with van der Waals surface area (Å²) >= 11 is 0. The minimum absolute atomic E-state index is 0.000000000000000444. The van der Waals surface area contributed by atoms with Crippen LogP contribution in [0.15, 0.2) is 4.99 Å². The number of hydrogen-bond acceptors (Lipinski definition) is 5. The van der Waals surface area contributed by atoms with Gasteiger partial charge in [-0.3, -0.25) is 15.5 Å². The molecule has 1 N–H and O–H groups in total. The zero-order valence-electron chi connectivity index (χ0n) is 7.81. The molecule has 1 heterocycles. The van der Waals surface area contributed by atoms with Crippen molar-refractivity contribution in [2.45, 2.75) is 13.8 Å². The fourth-order valence-corrected chi connectivity index (χ4v) is 1.10. The molecule has 1 aromatic heterocycles. The van der Waals surface area contributed by atoms with Crippen molar-refractivity contribution < 1.29 is 4.92 Å². The highest BCUT2D eigenvalue weighted by molar-refractivity contribution is 5.83. The van der Waals surface area contributed by atoms with Gasteiger partial charge in [-0.1, -0.05) is 0 Å².